The molecule has 0 aliphatic heterocycles. The molecule has 0 heterocycles. The molecule has 1 aromatic carbocycles. The van der Waals surface area contributed by atoms with Crippen LogP contribution < -0.4 is 9.47 Å². The molecule has 3 heteroatoms. The van der Waals surface area contributed by atoms with Crippen molar-refractivity contribution in [1.29, 1.82) is 0 Å². The highest BCUT2D eigenvalue weighted by Crippen LogP contribution is 2.28. The zero-order chi connectivity index (χ0) is 13.5. The van der Waals surface area contributed by atoms with E-state index in [9.17, 15) is 4.79 Å². The summed E-state index contributed by atoms with van der Waals surface area (Å²) < 4.78 is 10.4. The van der Waals surface area contributed by atoms with Crippen LogP contribution in [-0.4, -0.2) is 20.0 Å². The summed E-state index contributed by atoms with van der Waals surface area (Å²) in [6.45, 7) is 4.21. The fourth-order valence-electron chi connectivity index (χ4n) is 1.82. The standard InChI is InChI=1S/C15H22O3/c1-5-11(2)8-13(16)9-12-6-7-14(17-3)15(10-12)18-4/h6-7,10-11H,5,8-9H2,1-4H3. The molecule has 0 fully saturated rings. The van der Waals surface area contributed by atoms with Gasteiger partial charge in [0.25, 0.3) is 0 Å². The lowest BCUT2D eigenvalue weighted by Crippen LogP contribution is -2.08. The van der Waals surface area contributed by atoms with E-state index in [4.69, 9.17) is 9.47 Å². The van der Waals surface area contributed by atoms with E-state index in [-0.39, 0.29) is 5.78 Å². The highest BCUT2D eigenvalue weighted by Gasteiger charge is 2.10. The Morgan fingerprint density at radius 1 is 1.22 bits per heavy atom. The number of ether oxygens (including phenoxy) is 2. The van der Waals surface area contributed by atoms with Crippen molar-refractivity contribution in [3.8, 4) is 11.5 Å². The highest BCUT2D eigenvalue weighted by molar-refractivity contribution is 5.81. The number of carbonyl (C=O) groups excluding carboxylic acids is 1. The molecule has 1 aromatic rings. The molecule has 1 rings (SSSR count). The normalized spacial score (nSPS) is 12.0. The lowest BCUT2D eigenvalue weighted by atomic mass is 9.98. The van der Waals surface area contributed by atoms with Crippen molar-refractivity contribution >= 4 is 5.78 Å². The maximum atomic E-state index is 11.9. The lowest BCUT2D eigenvalue weighted by Gasteiger charge is -2.10. The smallest absolute Gasteiger partial charge is 0.161 e. The molecule has 18 heavy (non-hydrogen) atoms. The van der Waals surface area contributed by atoms with E-state index >= 15 is 0 Å². The van der Waals surface area contributed by atoms with Gasteiger partial charge in [-0.25, -0.2) is 0 Å². The Bertz CT molecular complexity index is 399. The largest absolute Gasteiger partial charge is 0.493 e. The zero-order valence-corrected chi connectivity index (χ0v) is 11.7. The van der Waals surface area contributed by atoms with Crippen LogP contribution in [0.4, 0.5) is 0 Å². The van der Waals surface area contributed by atoms with Crippen molar-refractivity contribution in [2.75, 3.05) is 14.2 Å². The molecule has 0 aliphatic carbocycles. The van der Waals surface area contributed by atoms with Crippen molar-refractivity contribution in [3.05, 3.63) is 23.8 Å². The topological polar surface area (TPSA) is 35.5 Å². The number of rotatable bonds is 7. The van der Waals surface area contributed by atoms with Gasteiger partial charge in [-0.2, -0.15) is 0 Å². The Hall–Kier alpha value is -1.51. The third-order valence-corrected chi connectivity index (χ3v) is 3.12. The van der Waals surface area contributed by atoms with E-state index in [2.05, 4.69) is 13.8 Å². The molecule has 100 valence electrons. The van der Waals surface area contributed by atoms with Crippen LogP contribution in [-0.2, 0) is 11.2 Å². The van der Waals surface area contributed by atoms with E-state index in [0.29, 0.717) is 30.3 Å². The molecule has 3 nitrogen and oxygen atoms in total. The SMILES string of the molecule is CCC(C)CC(=O)Cc1ccc(OC)c(OC)c1. The number of Topliss-reactive ketones (excluding diaryl/α,β-unsaturated/α-hetero) is 1. The first-order chi connectivity index (χ1) is 8.60. The monoisotopic (exact) mass is 250 g/mol. The van der Waals surface area contributed by atoms with Crippen LogP contribution in [0.15, 0.2) is 18.2 Å². The summed E-state index contributed by atoms with van der Waals surface area (Å²) >= 11 is 0. The van der Waals surface area contributed by atoms with Gasteiger partial charge in [0.1, 0.15) is 5.78 Å². The molecular weight excluding hydrogens is 228 g/mol. The maximum Gasteiger partial charge on any atom is 0.161 e. The van der Waals surface area contributed by atoms with Gasteiger partial charge in [0.2, 0.25) is 0 Å². The number of benzene rings is 1. The van der Waals surface area contributed by atoms with Gasteiger partial charge in [-0.1, -0.05) is 26.3 Å². The van der Waals surface area contributed by atoms with Crippen LogP contribution in [0.5, 0.6) is 11.5 Å². The van der Waals surface area contributed by atoms with Crippen LogP contribution in [0.25, 0.3) is 0 Å². The molecule has 0 aromatic heterocycles. The Morgan fingerprint density at radius 3 is 2.44 bits per heavy atom. The van der Waals surface area contributed by atoms with Crippen molar-refractivity contribution in [2.24, 2.45) is 5.92 Å². The van der Waals surface area contributed by atoms with E-state index < -0.39 is 0 Å². The van der Waals surface area contributed by atoms with Gasteiger partial charge in [0.15, 0.2) is 11.5 Å². The second kappa shape index (κ2) is 7.04. The van der Waals surface area contributed by atoms with E-state index in [0.717, 1.165) is 12.0 Å². The number of carbonyl (C=O) groups is 1. The van der Waals surface area contributed by atoms with E-state index in [1.165, 1.54) is 0 Å². The Morgan fingerprint density at radius 2 is 1.89 bits per heavy atom. The molecule has 0 spiro atoms. The maximum absolute atomic E-state index is 11.9. The van der Waals surface area contributed by atoms with Crippen LogP contribution in [0.2, 0.25) is 0 Å². The molecule has 1 unspecified atom stereocenters. The lowest BCUT2D eigenvalue weighted by molar-refractivity contribution is -0.119. The molecule has 0 aliphatic rings. The average molecular weight is 250 g/mol. The first-order valence-electron chi connectivity index (χ1n) is 6.33. The summed E-state index contributed by atoms with van der Waals surface area (Å²) in [5, 5.41) is 0. The molecular formula is C15H22O3. The summed E-state index contributed by atoms with van der Waals surface area (Å²) in [5.41, 5.74) is 0.973. The first kappa shape index (κ1) is 14.6. The van der Waals surface area contributed by atoms with E-state index in [1.807, 2.05) is 18.2 Å². The number of hydrogen-bond donors (Lipinski definition) is 0. The minimum atomic E-state index is 0.275. The van der Waals surface area contributed by atoms with Crippen LogP contribution in [0.1, 0.15) is 32.3 Å². The van der Waals surface area contributed by atoms with Crippen molar-refractivity contribution in [2.45, 2.75) is 33.1 Å². The van der Waals surface area contributed by atoms with Crippen LogP contribution in [0.3, 0.4) is 0 Å². The van der Waals surface area contributed by atoms with Gasteiger partial charge in [0, 0.05) is 12.8 Å². The van der Waals surface area contributed by atoms with Gasteiger partial charge in [-0.3, -0.25) is 4.79 Å². The summed E-state index contributed by atoms with van der Waals surface area (Å²) in [5.74, 6) is 2.09. The van der Waals surface area contributed by atoms with Crippen LogP contribution >= 0.6 is 0 Å². The number of ketones is 1. The van der Waals surface area contributed by atoms with Gasteiger partial charge in [-0.15, -0.1) is 0 Å². The van der Waals surface area contributed by atoms with Crippen molar-refractivity contribution < 1.29 is 14.3 Å². The molecule has 0 bridgehead atoms. The quantitative estimate of drug-likeness (QED) is 0.745. The second-order valence-electron chi connectivity index (χ2n) is 4.62. The number of methoxy groups -OCH3 is 2. The Balaban J connectivity index is 2.70. The fraction of sp³-hybridized carbons (Fsp3) is 0.533. The Labute approximate surface area is 109 Å². The molecule has 1 atom stereocenters. The predicted octanol–water partition coefficient (Wildman–Crippen LogP) is 3.25. The third-order valence-electron chi connectivity index (χ3n) is 3.12. The fourth-order valence-corrected chi connectivity index (χ4v) is 1.82. The minimum absolute atomic E-state index is 0.275. The van der Waals surface area contributed by atoms with Gasteiger partial charge in [0.05, 0.1) is 14.2 Å². The van der Waals surface area contributed by atoms with Crippen LogP contribution in [0, 0.1) is 5.92 Å². The predicted molar refractivity (Wildman–Crippen MR) is 72.3 cm³/mol. The molecule has 0 N–H and O–H groups in total. The minimum Gasteiger partial charge on any atom is -0.493 e. The van der Waals surface area contributed by atoms with Crippen molar-refractivity contribution in [3.63, 3.8) is 0 Å². The highest BCUT2D eigenvalue weighted by atomic mass is 16.5. The second-order valence-corrected chi connectivity index (χ2v) is 4.62. The summed E-state index contributed by atoms with van der Waals surface area (Å²) in [7, 11) is 3.20. The average Bonchev–Trinajstić information content (AvgIpc) is 2.38. The molecule has 0 radical (unpaired) electrons. The van der Waals surface area contributed by atoms with Gasteiger partial charge >= 0.3 is 0 Å². The van der Waals surface area contributed by atoms with Gasteiger partial charge in [-0.05, 0) is 23.6 Å². The third kappa shape index (κ3) is 4.06. The van der Waals surface area contributed by atoms with Gasteiger partial charge < -0.3 is 9.47 Å². The Kier molecular flexibility index (Phi) is 5.69. The van der Waals surface area contributed by atoms with Crippen molar-refractivity contribution in [1.82, 2.24) is 0 Å². The van der Waals surface area contributed by atoms with E-state index in [1.54, 1.807) is 14.2 Å². The summed E-state index contributed by atoms with van der Waals surface area (Å²) in [6, 6.07) is 5.62. The summed E-state index contributed by atoms with van der Waals surface area (Å²) in [6.07, 6.45) is 2.15. The molecule has 0 saturated heterocycles. The molecule has 0 saturated carbocycles. The number of hydrogen-bond acceptors (Lipinski definition) is 3. The first-order valence-corrected chi connectivity index (χ1v) is 6.33. The molecule has 0 amide bonds. The summed E-state index contributed by atoms with van der Waals surface area (Å²) in [4.78, 5) is 11.9. The zero-order valence-electron chi connectivity index (χ0n) is 11.7.